The van der Waals surface area contributed by atoms with E-state index in [2.05, 4.69) is 11.4 Å². The number of hydrogen-bond donors (Lipinski definition) is 1. The van der Waals surface area contributed by atoms with Crippen LogP contribution in [-0.4, -0.2) is 12.6 Å². The van der Waals surface area contributed by atoms with Crippen LogP contribution in [0.4, 0.5) is 4.79 Å². The molecule has 1 amide bonds. The van der Waals surface area contributed by atoms with Gasteiger partial charge in [0, 0.05) is 16.8 Å². The fourth-order valence-corrected chi connectivity index (χ4v) is 3.07. The van der Waals surface area contributed by atoms with Gasteiger partial charge in [0.05, 0.1) is 0 Å². The van der Waals surface area contributed by atoms with E-state index >= 15 is 0 Å². The Labute approximate surface area is 133 Å². The van der Waals surface area contributed by atoms with Crippen molar-refractivity contribution < 1.29 is 9.53 Å². The molecule has 112 valence electrons. The maximum atomic E-state index is 12.0. The highest BCUT2D eigenvalue weighted by molar-refractivity contribution is 7.09. The summed E-state index contributed by atoms with van der Waals surface area (Å²) in [4.78, 5) is 13.3. The Balaban J connectivity index is 1.67. The molecule has 0 fully saturated rings. The zero-order valence-electron chi connectivity index (χ0n) is 12.3. The third-order valence-electron chi connectivity index (χ3n) is 3.49. The Morgan fingerprint density at radius 3 is 2.82 bits per heavy atom. The van der Waals surface area contributed by atoms with Gasteiger partial charge in [-0.2, -0.15) is 0 Å². The Morgan fingerprint density at radius 1 is 1.14 bits per heavy atom. The van der Waals surface area contributed by atoms with Gasteiger partial charge in [-0.05, 0) is 35.7 Å². The molecule has 3 rings (SSSR count). The SMILES string of the molecule is Cc1ccc2ccccc2c1OC(=O)NCCc1cccs1. The second-order valence-corrected chi connectivity index (χ2v) is 6.11. The summed E-state index contributed by atoms with van der Waals surface area (Å²) in [5.41, 5.74) is 0.951. The fraction of sp³-hybridized carbons (Fsp3) is 0.167. The van der Waals surface area contributed by atoms with Gasteiger partial charge in [-0.1, -0.05) is 42.5 Å². The number of carbonyl (C=O) groups excluding carboxylic acids is 1. The van der Waals surface area contributed by atoms with E-state index in [9.17, 15) is 4.79 Å². The minimum absolute atomic E-state index is 0.406. The predicted molar refractivity (Wildman–Crippen MR) is 90.7 cm³/mol. The largest absolute Gasteiger partial charge is 0.412 e. The molecule has 0 saturated carbocycles. The van der Waals surface area contributed by atoms with E-state index in [1.165, 1.54) is 4.88 Å². The molecule has 3 aromatic rings. The number of amides is 1. The molecule has 0 saturated heterocycles. The first-order valence-electron chi connectivity index (χ1n) is 7.20. The van der Waals surface area contributed by atoms with Crippen LogP contribution in [0.5, 0.6) is 5.75 Å². The van der Waals surface area contributed by atoms with Crippen molar-refractivity contribution in [2.45, 2.75) is 13.3 Å². The summed E-state index contributed by atoms with van der Waals surface area (Å²) in [5.74, 6) is 0.631. The summed E-state index contributed by atoms with van der Waals surface area (Å²) in [6.07, 6.45) is 0.414. The molecular formula is C18H17NO2S. The Kier molecular flexibility index (Phi) is 4.39. The number of carbonyl (C=O) groups is 1. The molecule has 0 spiro atoms. The molecule has 0 unspecified atom stereocenters. The molecule has 22 heavy (non-hydrogen) atoms. The summed E-state index contributed by atoms with van der Waals surface area (Å²) < 4.78 is 5.53. The number of rotatable bonds is 4. The Morgan fingerprint density at radius 2 is 2.00 bits per heavy atom. The standard InChI is InChI=1S/C18H17NO2S/c1-13-8-9-14-5-2-3-7-16(14)17(13)21-18(20)19-11-10-15-6-4-12-22-15/h2-9,12H,10-11H2,1H3,(H,19,20). The third-order valence-corrected chi connectivity index (χ3v) is 4.43. The van der Waals surface area contributed by atoms with E-state index in [-0.39, 0.29) is 0 Å². The van der Waals surface area contributed by atoms with Crippen molar-refractivity contribution in [2.75, 3.05) is 6.54 Å². The van der Waals surface area contributed by atoms with Crippen molar-refractivity contribution in [3.63, 3.8) is 0 Å². The highest BCUT2D eigenvalue weighted by atomic mass is 32.1. The van der Waals surface area contributed by atoms with Gasteiger partial charge in [0.25, 0.3) is 0 Å². The van der Waals surface area contributed by atoms with Gasteiger partial charge in [-0.3, -0.25) is 0 Å². The molecular weight excluding hydrogens is 294 g/mol. The van der Waals surface area contributed by atoms with E-state index in [0.29, 0.717) is 12.3 Å². The lowest BCUT2D eigenvalue weighted by Crippen LogP contribution is -2.28. The fourth-order valence-electron chi connectivity index (χ4n) is 2.36. The van der Waals surface area contributed by atoms with Crippen molar-refractivity contribution in [1.82, 2.24) is 5.32 Å². The monoisotopic (exact) mass is 311 g/mol. The summed E-state index contributed by atoms with van der Waals surface area (Å²) in [6, 6.07) is 16.0. The molecule has 0 atom stereocenters. The third kappa shape index (κ3) is 3.28. The van der Waals surface area contributed by atoms with E-state index in [1.807, 2.05) is 54.8 Å². The molecule has 0 aliphatic rings. The molecule has 3 nitrogen and oxygen atoms in total. The van der Waals surface area contributed by atoms with Gasteiger partial charge in [-0.15, -0.1) is 11.3 Å². The van der Waals surface area contributed by atoms with Crippen LogP contribution >= 0.6 is 11.3 Å². The maximum Gasteiger partial charge on any atom is 0.412 e. The van der Waals surface area contributed by atoms with Crippen molar-refractivity contribution in [1.29, 1.82) is 0 Å². The molecule has 0 aliphatic heterocycles. The van der Waals surface area contributed by atoms with E-state index in [4.69, 9.17) is 4.74 Å². The minimum atomic E-state index is -0.406. The topological polar surface area (TPSA) is 38.3 Å². The van der Waals surface area contributed by atoms with E-state index in [0.717, 1.165) is 22.8 Å². The van der Waals surface area contributed by atoms with Gasteiger partial charge in [0.2, 0.25) is 0 Å². The van der Waals surface area contributed by atoms with Crippen LogP contribution in [0.3, 0.4) is 0 Å². The van der Waals surface area contributed by atoms with Gasteiger partial charge in [-0.25, -0.2) is 4.79 Å². The van der Waals surface area contributed by atoms with Crippen LogP contribution in [0.2, 0.25) is 0 Å². The molecule has 0 aliphatic carbocycles. The highest BCUT2D eigenvalue weighted by Gasteiger charge is 2.10. The van der Waals surface area contributed by atoms with Crippen molar-refractivity contribution in [3.8, 4) is 5.75 Å². The number of aryl methyl sites for hydroxylation is 1. The average Bonchev–Trinajstić information content (AvgIpc) is 3.03. The maximum absolute atomic E-state index is 12.0. The van der Waals surface area contributed by atoms with Crippen molar-refractivity contribution >= 4 is 28.2 Å². The van der Waals surface area contributed by atoms with Crippen LogP contribution in [0.25, 0.3) is 10.8 Å². The normalized spacial score (nSPS) is 10.6. The zero-order chi connectivity index (χ0) is 15.4. The van der Waals surface area contributed by atoms with Crippen LogP contribution in [-0.2, 0) is 6.42 Å². The lowest BCUT2D eigenvalue weighted by Gasteiger charge is -2.11. The molecule has 2 aromatic carbocycles. The van der Waals surface area contributed by atoms with Crippen LogP contribution in [0.15, 0.2) is 53.9 Å². The van der Waals surface area contributed by atoms with Crippen molar-refractivity contribution in [2.24, 2.45) is 0 Å². The van der Waals surface area contributed by atoms with E-state index < -0.39 is 6.09 Å². The summed E-state index contributed by atoms with van der Waals surface area (Å²) in [7, 11) is 0. The van der Waals surface area contributed by atoms with Gasteiger partial charge < -0.3 is 10.1 Å². The first-order chi connectivity index (χ1) is 10.7. The zero-order valence-corrected chi connectivity index (χ0v) is 13.2. The predicted octanol–water partition coefficient (Wildman–Crippen LogP) is 4.54. The van der Waals surface area contributed by atoms with E-state index in [1.54, 1.807) is 11.3 Å². The van der Waals surface area contributed by atoms with Gasteiger partial charge in [0.15, 0.2) is 0 Å². The number of fused-ring (bicyclic) bond motifs is 1. The first kappa shape index (κ1) is 14.6. The number of ether oxygens (including phenoxy) is 1. The Bertz CT molecular complexity index is 781. The summed E-state index contributed by atoms with van der Waals surface area (Å²) in [5, 5.41) is 6.86. The molecule has 0 bridgehead atoms. The number of thiophene rings is 1. The van der Waals surface area contributed by atoms with Crippen molar-refractivity contribution in [3.05, 3.63) is 64.4 Å². The molecule has 4 heteroatoms. The van der Waals surface area contributed by atoms with Crippen LogP contribution < -0.4 is 10.1 Å². The number of benzene rings is 2. The second-order valence-electron chi connectivity index (χ2n) is 5.08. The molecule has 1 aromatic heterocycles. The van der Waals surface area contributed by atoms with Gasteiger partial charge >= 0.3 is 6.09 Å². The minimum Gasteiger partial charge on any atom is -0.409 e. The second kappa shape index (κ2) is 6.62. The highest BCUT2D eigenvalue weighted by Crippen LogP contribution is 2.29. The quantitative estimate of drug-likeness (QED) is 0.768. The molecule has 1 heterocycles. The lowest BCUT2D eigenvalue weighted by atomic mass is 10.1. The summed E-state index contributed by atoms with van der Waals surface area (Å²) in [6.45, 7) is 2.52. The number of hydrogen-bond acceptors (Lipinski definition) is 3. The van der Waals surface area contributed by atoms with Gasteiger partial charge in [0.1, 0.15) is 5.75 Å². The Hall–Kier alpha value is -2.33. The molecule has 1 N–H and O–H groups in total. The average molecular weight is 311 g/mol. The van der Waals surface area contributed by atoms with Crippen LogP contribution in [0.1, 0.15) is 10.4 Å². The first-order valence-corrected chi connectivity index (χ1v) is 8.08. The lowest BCUT2D eigenvalue weighted by molar-refractivity contribution is 0.201. The number of nitrogens with one attached hydrogen (secondary N) is 1. The van der Waals surface area contributed by atoms with Crippen LogP contribution in [0, 0.1) is 6.92 Å². The smallest absolute Gasteiger partial charge is 0.409 e. The molecule has 0 radical (unpaired) electrons. The summed E-state index contributed by atoms with van der Waals surface area (Å²) >= 11 is 1.69.